The van der Waals surface area contributed by atoms with E-state index in [0.717, 1.165) is 10.6 Å². The van der Waals surface area contributed by atoms with Gasteiger partial charge in [-0.1, -0.05) is 13.8 Å². The van der Waals surface area contributed by atoms with Crippen LogP contribution in [-0.2, 0) is 14.3 Å². The molecule has 0 bridgehead atoms. The first-order chi connectivity index (χ1) is 14.7. The average Bonchev–Trinajstić information content (AvgIpc) is 2.67. The number of carboxylic acid groups (broad SMARTS) is 1. The van der Waals surface area contributed by atoms with Crippen LogP contribution in [0.3, 0.4) is 0 Å². The van der Waals surface area contributed by atoms with Gasteiger partial charge < -0.3 is 19.5 Å². The number of aliphatic carboxylic acids is 1. The van der Waals surface area contributed by atoms with Crippen LogP contribution < -0.4 is 4.74 Å². The summed E-state index contributed by atoms with van der Waals surface area (Å²) in [6.45, 7) is 10.9. The molecule has 0 saturated carbocycles. The first-order valence-corrected chi connectivity index (χ1v) is 10.6. The number of aryl methyl sites for hydroxylation is 1. The smallest absolute Gasteiger partial charge is 0.410 e. The van der Waals surface area contributed by atoms with Crippen LogP contribution in [0.2, 0.25) is 0 Å². The number of nitrogens with zero attached hydrogens (tertiary/aromatic N) is 4. The summed E-state index contributed by atoms with van der Waals surface area (Å²) in [6.07, 6.45) is 2.76. The summed E-state index contributed by atoms with van der Waals surface area (Å²) in [5, 5.41) is 9.71. The van der Waals surface area contributed by atoms with Crippen molar-refractivity contribution in [3.05, 3.63) is 18.1 Å². The minimum atomic E-state index is -1.16. The molecule has 2 unspecified atom stereocenters. The Morgan fingerprint density at radius 3 is 2.16 bits per heavy atom. The van der Waals surface area contributed by atoms with Gasteiger partial charge in [-0.25, -0.2) is 14.6 Å². The van der Waals surface area contributed by atoms with E-state index in [-0.39, 0.29) is 24.8 Å². The molecule has 0 aliphatic rings. The van der Waals surface area contributed by atoms with Gasteiger partial charge in [-0.2, -0.15) is 0 Å². The van der Waals surface area contributed by atoms with Gasteiger partial charge >= 0.3 is 12.1 Å². The summed E-state index contributed by atoms with van der Waals surface area (Å²) in [5.74, 6) is -1.28. The Kier molecular flexibility index (Phi) is 9.86. The third-order valence-corrected chi connectivity index (χ3v) is 4.63. The predicted molar refractivity (Wildman–Crippen MR) is 118 cm³/mol. The van der Waals surface area contributed by atoms with Gasteiger partial charge in [-0.15, -0.1) is 0 Å². The second-order valence-electron chi connectivity index (χ2n) is 9.17. The molecule has 0 spiro atoms. The zero-order chi connectivity index (χ0) is 24.6. The summed E-state index contributed by atoms with van der Waals surface area (Å²) < 4.78 is 10.9. The first-order valence-electron chi connectivity index (χ1n) is 10.6. The molecule has 0 saturated heterocycles. The van der Waals surface area contributed by atoms with Crippen molar-refractivity contribution in [1.29, 1.82) is 0 Å². The van der Waals surface area contributed by atoms with Gasteiger partial charge in [-0.05, 0) is 40.0 Å². The number of carbonyl (C=O) groups is 3. The van der Waals surface area contributed by atoms with Crippen molar-refractivity contribution in [3.8, 4) is 5.88 Å². The van der Waals surface area contributed by atoms with E-state index >= 15 is 0 Å². The molecule has 180 valence electrons. The minimum absolute atomic E-state index is 0.0308. The largest absolute Gasteiger partial charge is 0.480 e. The number of amides is 2. The van der Waals surface area contributed by atoms with Crippen LogP contribution in [0.5, 0.6) is 5.88 Å². The van der Waals surface area contributed by atoms with Crippen LogP contribution in [0, 0.1) is 12.8 Å². The van der Waals surface area contributed by atoms with E-state index in [1.54, 1.807) is 33.9 Å². The van der Waals surface area contributed by atoms with Crippen molar-refractivity contribution in [2.45, 2.75) is 72.1 Å². The monoisotopic (exact) mass is 452 g/mol. The Balaban J connectivity index is 2.92. The summed E-state index contributed by atoms with van der Waals surface area (Å²) in [7, 11) is 2.91. The van der Waals surface area contributed by atoms with Gasteiger partial charge in [0.1, 0.15) is 17.7 Å². The lowest BCUT2D eigenvalue weighted by molar-refractivity contribution is -0.151. The molecule has 2 atom stereocenters. The predicted octanol–water partition coefficient (Wildman–Crippen LogP) is 2.75. The molecular formula is C22H36N4O6. The lowest BCUT2D eigenvalue weighted by Crippen LogP contribution is -2.54. The van der Waals surface area contributed by atoms with E-state index in [2.05, 4.69) is 9.97 Å². The van der Waals surface area contributed by atoms with Crippen molar-refractivity contribution in [3.63, 3.8) is 0 Å². The summed E-state index contributed by atoms with van der Waals surface area (Å²) in [6, 6.07) is -2.00. The van der Waals surface area contributed by atoms with Crippen LogP contribution in [0.25, 0.3) is 0 Å². The number of ether oxygens (including phenoxy) is 2. The Morgan fingerprint density at radius 2 is 1.69 bits per heavy atom. The Hall–Kier alpha value is -2.91. The van der Waals surface area contributed by atoms with Crippen molar-refractivity contribution in [2.75, 3.05) is 20.7 Å². The highest BCUT2D eigenvalue weighted by molar-refractivity contribution is 5.89. The third-order valence-electron chi connectivity index (χ3n) is 4.63. The van der Waals surface area contributed by atoms with Crippen LogP contribution in [-0.4, -0.2) is 81.2 Å². The molecule has 1 aromatic heterocycles. The molecule has 1 aromatic rings. The fraction of sp³-hybridized carbons (Fsp3) is 0.682. The lowest BCUT2D eigenvalue weighted by atomic mass is 10.0. The molecule has 1 heterocycles. The Labute approximate surface area is 189 Å². The molecule has 0 radical (unpaired) electrons. The zero-order valence-electron chi connectivity index (χ0n) is 20.3. The maximum Gasteiger partial charge on any atom is 0.410 e. The van der Waals surface area contributed by atoms with Crippen molar-refractivity contribution in [1.82, 2.24) is 19.8 Å². The van der Waals surface area contributed by atoms with Crippen LogP contribution in [0.4, 0.5) is 4.79 Å². The number of likely N-dealkylation sites (N-methyl/N-ethyl adjacent to an activating group) is 2. The van der Waals surface area contributed by atoms with E-state index in [0.29, 0.717) is 6.42 Å². The van der Waals surface area contributed by atoms with Crippen molar-refractivity contribution >= 4 is 18.0 Å². The fourth-order valence-electron chi connectivity index (χ4n) is 2.93. The Morgan fingerprint density at radius 1 is 1.06 bits per heavy atom. The van der Waals surface area contributed by atoms with Gasteiger partial charge in [0, 0.05) is 20.5 Å². The van der Waals surface area contributed by atoms with Gasteiger partial charge in [0.2, 0.25) is 11.8 Å². The van der Waals surface area contributed by atoms with Crippen LogP contribution in [0.1, 0.15) is 53.2 Å². The minimum Gasteiger partial charge on any atom is -0.480 e. The molecule has 32 heavy (non-hydrogen) atoms. The number of hydrogen-bond donors (Lipinski definition) is 1. The number of carbonyl (C=O) groups excluding carboxylic acids is 2. The maximum absolute atomic E-state index is 13.3. The summed E-state index contributed by atoms with van der Waals surface area (Å²) >= 11 is 0. The fourth-order valence-corrected chi connectivity index (χ4v) is 2.93. The molecule has 1 rings (SSSR count). The molecule has 0 aromatic carbocycles. The molecule has 2 amide bonds. The number of rotatable bonds is 10. The van der Waals surface area contributed by atoms with E-state index < -0.39 is 35.7 Å². The zero-order valence-corrected chi connectivity index (χ0v) is 20.3. The normalized spacial score (nSPS) is 13.3. The molecular weight excluding hydrogens is 416 g/mol. The van der Waals surface area contributed by atoms with E-state index in [1.165, 1.54) is 25.2 Å². The Bertz CT molecular complexity index is 776. The molecule has 0 aliphatic carbocycles. The second-order valence-corrected chi connectivity index (χ2v) is 9.17. The highest BCUT2D eigenvalue weighted by Gasteiger charge is 2.36. The first kappa shape index (κ1) is 27.1. The average molecular weight is 453 g/mol. The molecule has 0 aliphatic heterocycles. The molecule has 1 N–H and O–H groups in total. The van der Waals surface area contributed by atoms with E-state index in [4.69, 9.17) is 9.47 Å². The van der Waals surface area contributed by atoms with E-state index in [1.807, 2.05) is 13.8 Å². The van der Waals surface area contributed by atoms with Crippen molar-refractivity contribution in [2.24, 2.45) is 5.92 Å². The van der Waals surface area contributed by atoms with Gasteiger partial charge in [0.15, 0.2) is 0 Å². The van der Waals surface area contributed by atoms with Crippen molar-refractivity contribution < 1.29 is 29.0 Å². The van der Waals surface area contributed by atoms with Crippen LogP contribution in [0.15, 0.2) is 12.4 Å². The molecule has 10 heteroatoms. The highest BCUT2D eigenvalue weighted by atomic mass is 16.6. The van der Waals surface area contributed by atoms with E-state index in [9.17, 15) is 19.5 Å². The number of hydrogen-bond acceptors (Lipinski definition) is 7. The highest BCUT2D eigenvalue weighted by Crippen LogP contribution is 2.19. The maximum atomic E-state index is 13.3. The molecule has 0 fully saturated rings. The standard InChI is InChI=1S/C22H36N4O6/c1-14(2)11-17(26(8)21(30)32-22(4,5)6)19(27)25(7)16(20(28)29)9-10-31-18-13-23-15(3)12-24-18/h12-14,16-17H,9-11H2,1-8H3,(H,28,29). The van der Waals surface area contributed by atoms with Gasteiger partial charge in [-0.3, -0.25) is 14.7 Å². The van der Waals surface area contributed by atoms with Gasteiger partial charge in [0.25, 0.3) is 0 Å². The quantitative estimate of drug-likeness (QED) is 0.575. The topological polar surface area (TPSA) is 122 Å². The molecule has 10 nitrogen and oxygen atoms in total. The summed E-state index contributed by atoms with van der Waals surface area (Å²) in [5.41, 5.74) is 0.0130. The third kappa shape index (κ3) is 8.68. The number of carboxylic acids is 1. The lowest BCUT2D eigenvalue weighted by Gasteiger charge is -2.35. The van der Waals surface area contributed by atoms with Crippen LogP contribution >= 0.6 is 0 Å². The second kappa shape index (κ2) is 11.6. The summed E-state index contributed by atoms with van der Waals surface area (Å²) in [4.78, 5) is 48.2. The SMILES string of the molecule is Cc1cnc(OCCC(C(=O)O)N(C)C(=O)C(CC(C)C)N(C)C(=O)OC(C)(C)C)cn1. The number of aromatic nitrogens is 2. The van der Waals surface area contributed by atoms with Gasteiger partial charge in [0.05, 0.1) is 24.7 Å².